The van der Waals surface area contributed by atoms with Crippen molar-refractivity contribution in [2.45, 2.75) is 26.2 Å². The largest absolute Gasteiger partial charge is 0.481 e. The van der Waals surface area contributed by atoms with Gasteiger partial charge < -0.3 is 20.1 Å². The summed E-state index contributed by atoms with van der Waals surface area (Å²) in [5.41, 5.74) is 1.25. The lowest BCUT2D eigenvalue weighted by molar-refractivity contribution is -0.150. The highest BCUT2D eigenvalue weighted by Crippen LogP contribution is 2.20. The van der Waals surface area contributed by atoms with Gasteiger partial charge in [0.2, 0.25) is 0 Å². The molecule has 1 heterocycles. The molecule has 0 aliphatic carbocycles. The van der Waals surface area contributed by atoms with Crippen molar-refractivity contribution in [2.75, 3.05) is 25.0 Å². The second kappa shape index (κ2) is 10.1. The average molecular weight is 385 g/mol. The second-order valence-electron chi connectivity index (χ2n) is 6.40. The Balaban J connectivity index is 1.93. The number of carboxylic acids is 1. The number of esters is 1. The molecule has 1 aliphatic rings. The number of aliphatic carboxylic acids is 1. The lowest BCUT2D eigenvalue weighted by atomic mass is 9.96. The first-order valence-electron chi connectivity index (χ1n) is 9.08. The molecule has 8 heteroatoms. The fourth-order valence-corrected chi connectivity index (χ4v) is 2.94. The second-order valence-corrected chi connectivity index (χ2v) is 6.40. The van der Waals surface area contributed by atoms with Crippen LogP contribution in [0.1, 0.15) is 25.3 Å². The van der Waals surface area contributed by atoms with E-state index in [0.717, 1.165) is 0 Å². The molecule has 0 bridgehead atoms. The molecule has 2 rings (SSSR count). The number of amides is 1. The van der Waals surface area contributed by atoms with Gasteiger partial charge in [0.1, 0.15) is 11.6 Å². The van der Waals surface area contributed by atoms with Gasteiger partial charge in [-0.05, 0) is 37.5 Å². The van der Waals surface area contributed by atoms with E-state index in [1.54, 1.807) is 36.1 Å². The topological polar surface area (TPSA) is 120 Å². The van der Waals surface area contributed by atoms with Crippen LogP contribution in [0.4, 0.5) is 5.69 Å². The van der Waals surface area contributed by atoms with Gasteiger partial charge in [0.25, 0.3) is 5.91 Å². The SMILES string of the molecule is CCOC(=O)C1CCN(C(=O)/C(C#N)=C\Nc2ccc(CC(=O)O)cc2)CC1. The number of nitrogens with one attached hydrogen (secondary N) is 1. The van der Waals surface area contributed by atoms with E-state index in [1.807, 2.05) is 6.07 Å². The number of benzene rings is 1. The lowest BCUT2D eigenvalue weighted by Crippen LogP contribution is -2.41. The molecule has 2 N–H and O–H groups in total. The summed E-state index contributed by atoms with van der Waals surface area (Å²) in [6.45, 7) is 2.88. The van der Waals surface area contributed by atoms with Gasteiger partial charge in [-0.1, -0.05) is 12.1 Å². The van der Waals surface area contributed by atoms with Crippen LogP contribution in [0.15, 0.2) is 36.0 Å². The fraction of sp³-hybridized carbons (Fsp3) is 0.400. The third-order valence-electron chi connectivity index (χ3n) is 4.45. The van der Waals surface area contributed by atoms with E-state index < -0.39 is 5.97 Å². The van der Waals surface area contributed by atoms with E-state index in [2.05, 4.69) is 5.32 Å². The van der Waals surface area contributed by atoms with Gasteiger partial charge in [0.15, 0.2) is 0 Å². The zero-order valence-corrected chi connectivity index (χ0v) is 15.7. The number of anilines is 1. The maximum atomic E-state index is 12.5. The van der Waals surface area contributed by atoms with E-state index in [1.165, 1.54) is 6.20 Å². The van der Waals surface area contributed by atoms with Crippen LogP contribution < -0.4 is 5.32 Å². The number of likely N-dealkylation sites (tertiary alicyclic amines) is 1. The summed E-state index contributed by atoms with van der Waals surface area (Å²) in [4.78, 5) is 36.6. The summed E-state index contributed by atoms with van der Waals surface area (Å²) in [6.07, 6.45) is 2.30. The van der Waals surface area contributed by atoms with Gasteiger partial charge >= 0.3 is 11.9 Å². The number of carbonyl (C=O) groups is 3. The van der Waals surface area contributed by atoms with Crippen LogP contribution >= 0.6 is 0 Å². The molecule has 1 aromatic rings. The highest BCUT2D eigenvalue weighted by Gasteiger charge is 2.29. The third-order valence-corrected chi connectivity index (χ3v) is 4.45. The predicted molar refractivity (Wildman–Crippen MR) is 101 cm³/mol. The normalized spacial score (nSPS) is 14.9. The monoisotopic (exact) mass is 385 g/mol. The first kappa shape index (κ1) is 21.0. The van der Waals surface area contributed by atoms with Gasteiger partial charge in [0, 0.05) is 25.0 Å². The first-order chi connectivity index (χ1) is 13.4. The standard InChI is InChI=1S/C20H23N3O5/c1-2-28-20(27)15-7-9-23(10-8-15)19(26)16(12-21)13-22-17-5-3-14(4-6-17)11-18(24)25/h3-6,13,15,22H,2,7-11H2,1H3,(H,24,25)/b16-13-. The predicted octanol–water partition coefficient (Wildman–Crippen LogP) is 1.93. The van der Waals surface area contributed by atoms with Crippen LogP contribution in [-0.2, 0) is 25.5 Å². The fourth-order valence-electron chi connectivity index (χ4n) is 2.94. The van der Waals surface area contributed by atoms with Gasteiger partial charge in [-0.15, -0.1) is 0 Å². The number of nitrogens with zero attached hydrogens (tertiary/aromatic N) is 2. The van der Waals surface area contributed by atoms with Gasteiger partial charge in [-0.2, -0.15) is 5.26 Å². The molecule has 0 unspecified atom stereocenters. The quantitative estimate of drug-likeness (QED) is 0.418. The summed E-state index contributed by atoms with van der Waals surface area (Å²) in [6, 6.07) is 8.59. The number of nitriles is 1. The Morgan fingerprint density at radius 3 is 2.46 bits per heavy atom. The van der Waals surface area contributed by atoms with Crippen molar-refractivity contribution >= 4 is 23.5 Å². The molecule has 148 valence electrons. The molecule has 8 nitrogen and oxygen atoms in total. The molecule has 1 fully saturated rings. The molecule has 0 spiro atoms. The first-order valence-corrected chi connectivity index (χ1v) is 9.08. The summed E-state index contributed by atoms with van der Waals surface area (Å²) in [7, 11) is 0. The number of hydrogen-bond acceptors (Lipinski definition) is 6. The Morgan fingerprint density at radius 2 is 1.93 bits per heavy atom. The minimum atomic E-state index is -0.912. The molecule has 0 saturated carbocycles. The number of carbonyl (C=O) groups excluding carboxylic acids is 2. The van der Waals surface area contributed by atoms with E-state index in [9.17, 15) is 19.6 Å². The Bertz CT molecular complexity index is 787. The summed E-state index contributed by atoms with van der Waals surface area (Å²) >= 11 is 0. The molecule has 28 heavy (non-hydrogen) atoms. The molecular weight excluding hydrogens is 362 g/mol. The molecule has 0 radical (unpaired) electrons. The Morgan fingerprint density at radius 1 is 1.29 bits per heavy atom. The van der Waals surface area contributed by atoms with Crippen LogP contribution in [0.2, 0.25) is 0 Å². The highest BCUT2D eigenvalue weighted by molar-refractivity contribution is 5.97. The van der Waals surface area contributed by atoms with Crippen LogP contribution in [0.5, 0.6) is 0 Å². The van der Waals surface area contributed by atoms with Crippen molar-refractivity contribution < 1.29 is 24.2 Å². The van der Waals surface area contributed by atoms with E-state index in [4.69, 9.17) is 9.84 Å². The maximum absolute atomic E-state index is 12.5. The number of ether oxygens (including phenoxy) is 1. The number of rotatable bonds is 7. The molecule has 0 atom stereocenters. The average Bonchev–Trinajstić information content (AvgIpc) is 2.69. The summed E-state index contributed by atoms with van der Waals surface area (Å²) in [5, 5.41) is 21.0. The number of carboxylic acid groups (broad SMARTS) is 1. The lowest BCUT2D eigenvalue weighted by Gasteiger charge is -2.30. The Labute approximate surface area is 163 Å². The van der Waals surface area contributed by atoms with Crippen molar-refractivity contribution in [3.63, 3.8) is 0 Å². The number of piperidine rings is 1. The number of hydrogen-bond donors (Lipinski definition) is 2. The van der Waals surface area contributed by atoms with E-state index in [0.29, 0.717) is 43.8 Å². The maximum Gasteiger partial charge on any atom is 0.309 e. The van der Waals surface area contributed by atoms with Crippen molar-refractivity contribution in [3.8, 4) is 6.07 Å². The third kappa shape index (κ3) is 5.84. The minimum absolute atomic E-state index is 0.0378. The Hall–Kier alpha value is -3.34. The summed E-state index contributed by atoms with van der Waals surface area (Å²) < 4.78 is 5.01. The molecule has 0 aromatic heterocycles. The zero-order chi connectivity index (χ0) is 20.5. The molecule has 1 aliphatic heterocycles. The minimum Gasteiger partial charge on any atom is -0.481 e. The van der Waals surface area contributed by atoms with E-state index >= 15 is 0 Å². The highest BCUT2D eigenvalue weighted by atomic mass is 16.5. The van der Waals surface area contributed by atoms with Crippen LogP contribution in [0.25, 0.3) is 0 Å². The smallest absolute Gasteiger partial charge is 0.309 e. The van der Waals surface area contributed by atoms with Crippen molar-refractivity contribution in [1.82, 2.24) is 4.90 Å². The molecule has 1 amide bonds. The van der Waals surface area contributed by atoms with E-state index in [-0.39, 0.29) is 29.8 Å². The van der Waals surface area contributed by atoms with Gasteiger partial charge in [-0.25, -0.2) is 0 Å². The Kier molecular flexibility index (Phi) is 7.57. The van der Waals surface area contributed by atoms with Crippen LogP contribution in [-0.4, -0.2) is 47.5 Å². The van der Waals surface area contributed by atoms with Gasteiger partial charge in [-0.3, -0.25) is 14.4 Å². The van der Waals surface area contributed by atoms with Crippen molar-refractivity contribution in [3.05, 3.63) is 41.6 Å². The van der Waals surface area contributed by atoms with Crippen LogP contribution in [0.3, 0.4) is 0 Å². The zero-order valence-electron chi connectivity index (χ0n) is 15.7. The van der Waals surface area contributed by atoms with Crippen molar-refractivity contribution in [2.24, 2.45) is 5.92 Å². The molecule has 1 saturated heterocycles. The molecular formula is C20H23N3O5. The summed E-state index contributed by atoms with van der Waals surface area (Å²) in [5.74, 6) is -1.75. The van der Waals surface area contributed by atoms with Crippen LogP contribution in [0, 0.1) is 17.2 Å². The molecule has 1 aromatic carbocycles. The van der Waals surface area contributed by atoms with Gasteiger partial charge in [0.05, 0.1) is 18.9 Å². The van der Waals surface area contributed by atoms with Crippen molar-refractivity contribution in [1.29, 1.82) is 5.26 Å².